The predicted molar refractivity (Wildman–Crippen MR) is 63.2 cm³/mol. The van der Waals surface area contributed by atoms with Gasteiger partial charge in [-0.15, -0.1) is 10.2 Å². The highest BCUT2D eigenvalue weighted by atomic mass is 32.2. The molecule has 1 rings (SSSR count). The highest BCUT2D eigenvalue weighted by Crippen LogP contribution is 2.43. The second kappa shape index (κ2) is 6.16. The van der Waals surface area contributed by atoms with Crippen molar-refractivity contribution in [1.29, 1.82) is 0 Å². The average Bonchev–Trinajstić information content (AvgIpc) is 2.67. The molecule has 0 aliphatic rings. The van der Waals surface area contributed by atoms with Gasteiger partial charge in [0.1, 0.15) is 0 Å². The zero-order chi connectivity index (χ0) is 16.4. The molecule has 1 aromatic rings. The van der Waals surface area contributed by atoms with Crippen LogP contribution in [-0.2, 0) is 17.3 Å². The Labute approximate surface area is 120 Å². The van der Waals surface area contributed by atoms with E-state index in [0.29, 0.717) is 16.3 Å². The minimum Gasteiger partial charge on any atom is -0.481 e. The molecule has 5 nitrogen and oxygen atoms in total. The van der Waals surface area contributed by atoms with E-state index in [1.807, 2.05) is 0 Å². The number of rotatable bonds is 6. The van der Waals surface area contributed by atoms with Crippen molar-refractivity contribution < 1.29 is 31.9 Å². The molecule has 11 heteroatoms. The maximum Gasteiger partial charge on any atom is 0.461 e. The Balaban J connectivity index is 3.23. The third-order valence-electron chi connectivity index (χ3n) is 2.23. The van der Waals surface area contributed by atoms with Gasteiger partial charge >= 0.3 is 18.1 Å². The van der Waals surface area contributed by atoms with E-state index in [4.69, 9.17) is 5.11 Å². The van der Waals surface area contributed by atoms with Crippen LogP contribution in [0.4, 0.5) is 22.0 Å². The lowest BCUT2D eigenvalue weighted by Gasteiger charge is -2.20. The van der Waals surface area contributed by atoms with Crippen molar-refractivity contribution in [2.45, 2.75) is 37.6 Å². The first-order valence-corrected chi connectivity index (χ1v) is 6.68. The molecule has 0 saturated carbocycles. The molecule has 1 N–H and O–H groups in total. The van der Waals surface area contributed by atoms with E-state index in [1.165, 1.54) is 0 Å². The van der Waals surface area contributed by atoms with Gasteiger partial charge in [0, 0.05) is 6.54 Å². The van der Waals surface area contributed by atoms with E-state index in [2.05, 4.69) is 10.2 Å². The number of carboxylic acid groups (broad SMARTS) is 1. The zero-order valence-electron chi connectivity index (χ0n) is 11.0. The number of halogens is 5. The Morgan fingerprint density at radius 2 is 1.86 bits per heavy atom. The van der Waals surface area contributed by atoms with Crippen LogP contribution < -0.4 is 0 Å². The molecular formula is C10H12F5N3O2S. The molecule has 0 spiro atoms. The summed E-state index contributed by atoms with van der Waals surface area (Å²) < 4.78 is 64.7. The summed E-state index contributed by atoms with van der Waals surface area (Å²) in [7, 11) is 0. The van der Waals surface area contributed by atoms with Crippen molar-refractivity contribution in [2.24, 2.45) is 5.92 Å². The van der Waals surface area contributed by atoms with Crippen LogP contribution in [-0.4, -0.2) is 37.8 Å². The van der Waals surface area contributed by atoms with Crippen LogP contribution in [0.15, 0.2) is 5.16 Å². The van der Waals surface area contributed by atoms with Gasteiger partial charge in [0.05, 0.1) is 5.75 Å². The fourth-order valence-corrected chi connectivity index (χ4v) is 2.08. The van der Waals surface area contributed by atoms with Gasteiger partial charge in [0.25, 0.3) is 0 Å². The highest BCUT2D eigenvalue weighted by Gasteiger charge is 2.62. The normalized spacial score (nSPS) is 13.0. The largest absolute Gasteiger partial charge is 0.481 e. The van der Waals surface area contributed by atoms with Crippen LogP contribution in [0.25, 0.3) is 0 Å². The zero-order valence-corrected chi connectivity index (χ0v) is 11.8. The quantitative estimate of drug-likeness (QED) is 0.640. The monoisotopic (exact) mass is 333 g/mol. The number of aliphatic carboxylic acids is 1. The average molecular weight is 333 g/mol. The molecule has 0 saturated heterocycles. The number of aromatic nitrogens is 3. The summed E-state index contributed by atoms with van der Waals surface area (Å²) in [6.07, 6.45) is -5.80. The molecule has 0 bridgehead atoms. The van der Waals surface area contributed by atoms with Crippen molar-refractivity contribution in [3.63, 3.8) is 0 Å². The number of hydrogen-bond donors (Lipinski definition) is 1. The van der Waals surface area contributed by atoms with Gasteiger partial charge in [-0.25, -0.2) is 0 Å². The topological polar surface area (TPSA) is 68.0 Å². The van der Waals surface area contributed by atoms with Crippen LogP contribution in [0.1, 0.15) is 19.7 Å². The maximum absolute atomic E-state index is 13.4. The SMILES string of the molecule is CC(C)Cn1c(SCC(=O)O)nnc1C(F)(F)C(F)(F)F. The van der Waals surface area contributed by atoms with Crippen LogP contribution in [0.2, 0.25) is 0 Å². The van der Waals surface area contributed by atoms with Crippen molar-refractivity contribution in [1.82, 2.24) is 14.8 Å². The predicted octanol–water partition coefficient (Wildman–Crippen LogP) is 2.76. The van der Waals surface area contributed by atoms with Crippen molar-refractivity contribution >= 4 is 17.7 Å². The smallest absolute Gasteiger partial charge is 0.461 e. The fraction of sp³-hybridized carbons (Fsp3) is 0.700. The van der Waals surface area contributed by atoms with Crippen LogP contribution in [0.5, 0.6) is 0 Å². The van der Waals surface area contributed by atoms with Gasteiger partial charge in [-0.2, -0.15) is 22.0 Å². The third-order valence-corrected chi connectivity index (χ3v) is 3.18. The second-order valence-corrected chi connectivity index (χ2v) is 5.51. The maximum atomic E-state index is 13.4. The highest BCUT2D eigenvalue weighted by molar-refractivity contribution is 7.99. The lowest BCUT2D eigenvalue weighted by molar-refractivity contribution is -0.293. The minimum absolute atomic E-state index is 0.185. The van der Waals surface area contributed by atoms with E-state index >= 15 is 0 Å². The molecule has 0 atom stereocenters. The summed E-state index contributed by atoms with van der Waals surface area (Å²) in [6, 6.07) is 0. The lowest BCUT2D eigenvalue weighted by Crippen LogP contribution is -2.37. The van der Waals surface area contributed by atoms with Gasteiger partial charge in [-0.1, -0.05) is 25.6 Å². The Morgan fingerprint density at radius 1 is 1.29 bits per heavy atom. The van der Waals surface area contributed by atoms with Crippen LogP contribution in [0, 0.1) is 5.92 Å². The van der Waals surface area contributed by atoms with E-state index < -0.39 is 29.6 Å². The van der Waals surface area contributed by atoms with E-state index in [1.54, 1.807) is 13.8 Å². The molecule has 0 fully saturated rings. The van der Waals surface area contributed by atoms with Gasteiger partial charge in [-0.3, -0.25) is 4.79 Å². The van der Waals surface area contributed by atoms with E-state index in [9.17, 15) is 26.7 Å². The molecule has 120 valence electrons. The lowest BCUT2D eigenvalue weighted by atomic mass is 10.2. The van der Waals surface area contributed by atoms with Gasteiger partial charge in [0.15, 0.2) is 5.16 Å². The number of carbonyl (C=O) groups is 1. The molecule has 0 amide bonds. The van der Waals surface area contributed by atoms with Crippen molar-refractivity contribution in [3.8, 4) is 0 Å². The molecule has 21 heavy (non-hydrogen) atoms. The van der Waals surface area contributed by atoms with Gasteiger partial charge < -0.3 is 9.67 Å². The minimum atomic E-state index is -5.80. The summed E-state index contributed by atoms with van der Waals surface area (Å²) in [6.45, 7) is 3.04. The number of carboxylic acids is 1. The molecule has 1 heterocycles. The first-order chi connectivity index (χ1) is 9.46. The summed E-state index contributed by atoms with van der Waals surface area (Å²) in [5, 5.41) is 14.4. The Hall–Kier alpha value is -1.39. The Morgan fingerprint density at radius 3 is 2.29 bits per heavy atom. The number of alkyl halides is 5. The summed E-state index contributed by atoms with van der Waals surface area (Å²) >= 11 is 0.534. The Kier molecular flexibility index (Phi) is 5.18. The molecule has 0 aliphatic carbocycles. The summed E-state index contributed by atoms with van der Waals surface area (Å²) in [5.41, 5.74) is 0. The number of hydrogen-bond acceptors (Lipinski definition) is 4. The molecule has 0 unspecified atom stereocenters. The van der Waals surface area contributed by atoms with E-state index in [-0.39, 0.29) is 17.6 Å². The first-order valence-electron chi connectivity index (χ1n) is 5.69. The van der Waals surface area contributed by atoms with Crippen LogP contribution >= 0.6 is 11.8 Å². The number of thioether (sulfide) groups is 1. The van der Waals surface area contributed by atoms with Crippen LogP contribution in [0.3, 0.4) is 0 Å². The molecule has 0 aromatic carbocycles. The first kappa shape index (κ1) is 17.7. The summed E-state index contributed by atoms with van der Waals surface area (Å²) in [5.74, 6) is -8.71. The Bertz CT molecular complexity index is 515. The van der Waals surface area contributed by atoms with E-state index in [0.717, 1.165) is 0 Å². The molecule has 0 radical (unpaired) electrons. The van der Waals surface area contributed by atoms with Crippen molar-refractivity contribution in [3.05, 3.63) is 5.82 Å². The van der Waals surface area contributed by atoms with Crippen molar-refractivity contribution in [2.75, 3.05) is 5.75 Å². The second-order valence-electron chi connectivity index (χ2n) is 4.57. The van der Waals surface area contributed by atoms with Gasteiger partial charge in [-0.05, 0) is 5.92 Å². The fourth-order valence-electron chi connectivity index (χ4n) is 1.41. The number of nitrogens with zero attached hydrogens (tertiary/aromatic N) is 3. The molecule has 0 aliphatic heterocycles. The molecule has 1 aromatic heterocycles. The third kappa shape index (κ3) is 4.05. The molecular weight excluding hydrogens is 321 g/mol. The summed E-state index contributed by atoms with van der Waals surface area (Å²) in [4.78, 5) is 10.5. The van der Waals surface area contributed by atoms with Gasteiger partial charge in [0.2, 0.25) is 5.82 Å². The standard InChI is InChI=1S/C10H12F5N3O2S/c1-5(2)3-18-7(9(11,12)10(13,14)15)16-17-8(18)21-4-6(19)20/h5H,3-4H2,1-2H3,(H,19,20).